The minimum absolute atomic E-state index is 0.00674. The molecule has 1 amide bonds. The van der Waals surface area contributed by atoms with Gasteiger partial charge in [-0.25, -0.2) is 5.09 Å². The quantitative estimate of drug-likeness (QED) is 0.0989. The van der Waals surface area contributed by atoms with Crippen molar-refractivity contribution in [2.24, 2.45) is 11.7 Å². The van der Waals surface area contributed by atoms with E-state index in [9.17, 15) is 4.79 Å². The lowest BCUT2D eigenvalue weighted by Crippen LogP contribution is -2.42. The number of amides is 1. The van der Waals surface area contributed by atoms with Crippen molar-refractivity contribution in [1.82, 2.24) is 14.9 Å². The minimum Gasteiger partial charge on any atom is -0.462 e. The second kappa shape index (κ2) is 21.5. The second-order valence-corrected chi connectivity index (χ2v) is 15.6. The number of nitrogens with two attached hydrogens (primary N) is 1. The van der Waals surface area contributed by atoms with Gasteiger partial charge in [0.2, 0.25) is 6.41 Å². The highest BCUT2D eigenvalue weighted by atomic mass is 35.5. The number of methoxy groups -OCH3 is 1. The van der Waals surface area contributed by atoms with E-state index in [0.717, 1.165) is 15.5 Å². The molecule has 0 bridgehead atoms. The third-order valence-electron chi connectivity index (χ3n) is 7.43. The number of hydrogen-bond acceptors (Lipinski definition) is 10. The topological polar surface area (TPSA) is 116 Å². The Balaban J connectivity index is 0.00000226. The zero-order valence-electron chi connectivity index (χ0n) is 30.1. The van der Waals surface area contributed by atoms with E-state index in [1.165, 1.54) is 5.70 Å². The van der Waals surface area contributed by atoms with Crippen LogP contribution in [0.25, 0.3) is 0 Å². The lowest BCUT2D eigenvalue weighted by Gasteiger charge is -2.33. The first-order valence-electron chi connectivity index (χ1n) is 16.5. The number of hydrogen-bond donors (Lipinski definition) is 2. The van der Waals surface area contributed by atoms with Crippen molar-refractivity contribution in [2.75, 3.05) is 33.7 Å². The number of nitrogens with zero attached hydrogens (tertiary/aromatic N) is 2. The number of primary amides is 1. The van der Waals surface area contributed by atoms with E-state index in [2.05, 4.69) is 53.7 Å². The van der Waals surface area contributed by atoms with Crippen LogP contribution in [0.1, 0.15) is 34.6 Å². The van der Waals surface area contributed by atoms with Gasteiger partial charge in [-0.05, 0) is 62.6 Å². The number of likely N-dealkylation sites (N-methyl/N-ethyl adjacent to an activating group) is 1. The summed E-state index contributed by atoms with van der Waals surface area (Å²) in [4.78, 5) is 26.8. The SMILES string of the molecule is COCC1N(C)C(C(C)C)=C(Sc2cc(Cl)cc(Cl)c2)N1CC1=CC=CC(OCP(NC(C)C(=O)OC(C)C)Oc2ccccc2)C=C1.NC=O. The van der Waals surface area contributed by atoms with Crippen molar-refractivity contribution in [3.05, 3.63) is 105 Å². The zero-order valence-corrected chi connectivity index (χ0v) is 33.3. The van der Waals surface area contributed by atoms with E-state index in [1.807, 2.05) is 74.5 Å². The number of thioether (sulfide) groups is 1. The van der Waals surface area contributed by atoms with Gasteiger partial charge in [0.25, 0.3) is 0 Å². The zero-order chi connectivity index (χ0) is 37.5. The number of allylic oxidation sites excluding steroid dienone is 3. The molecule has 1 aliphatic heterocycles. The van der Waals surface area contributed by atoms with Crippen LogP contribution in [-0.4, -0.2) is 80.3 Å². The van der Waals surface area contributed by atoms with E-state index in [0.29, 0.717) is 28.9 Å². The maximum absolute atomic E-state index is 12.5. The Kier molecular flexibility index (Phi) is 17.9. The van der Waals surface area contributed by atoms with E-state index < -0.39 is 14.3 Å². The predicted octanol–water partition coefficient (Wildman–Crippen LogP) is 7.95. The Morgan fingerprint density at radius 2 is 1.75 bits per heavy atom. The van der Waals surface area contributed by atoms with Crippen molar-refractivity contribution in [3.8, 4) is 5.75 Å². The number of halogens is 2. The maximum Gasteiger partial charge on any atom is 0.323 e. The third-order valence-corrected chi connectivity index (χ3v) is 10.5. The molecule has 4 unspecified atom stereocenters. The van der Waals surface area contributed by atoms with Crippen LogP contribution >= 0.6 is 43.3 Å². The number of carbonyl (C=O) groups excluding carboxylic acids is 2. The molecule has 51 heavy (non-hydrogen) atoms. The highest BCUT2D eigenvalue weighted by molar-refractivity contribution is 8.03. The van der Waals surface area contributed by atoms with Gasteiger partial charge >= 0.3 is 5.97 Å². The van der Waals surface area contributed by atoms with Gasteiger partial charge in [-0.1, -0.05) is 97.4 Å². The van der Waals surface area contributed by atoms with E-state index in [1.54, 1.807) is 31.9 Å². The lowest BCUT2D eigenvalue weighted by molar-refractivity contribution is -0.148. The number of para-hydroxylation sites is 1. The molecule has 2 aromatic rings. The van der Waals surface area contributed by atoms with Crippen molar-refractivity contribution >= 4 is 55.6 Å². The van der Waals surface area contributed by atoms with Gasteiger partial charge in [0.05, 0.1) is 23.8 Å². The third kappa shape index (κ3) is 13.5. The Morgan fingerprint density at radius 3 is 2.35 bits per heavy atom. The fourth-order valence-electron chi connectivity index (χ4n) is 5.29. The Hall–Kier alpha value is -3.02. The molecule has 3 N–H and O–H groups in total. The molecular formula is C37H49Cl2N4O6PS. The average Bonchev–Trinajstić information content (AvgIpc) is 3.17. The lowest BCUT2D eigenvalue weighted by atomic mass is 10.1. The summed E-state index contributed by atoms with van der Waals surface area (Å²) in [6.07, 6.45) is 10.3. The van der Waals surface area contributed by atoms with Crippen LogP contribution in [0.2, 0.25) is 10.0 Å². The molecule has 0 spiro atoms. The molecule has 0 radical (unpaired) electrons. The molecule has 0 saturated carbocycles. The predicted molar refractivity (Wildman–Crippen MR) is 208 cm³/mol. The summed E-state index contributed by atoms with van der Waals surface area (Å²) in [5.74, 6) is 0.649. The summed E-state index contributed by atoms with van der Waals surface area (Å²) in [6, 6.07) is 14.6. The van der Waals surface area contributed by atoms with Gasteiger partial charge in [0.15, 0.2) is 8.30 Å². The summed E-state index contributed by atoms with van der Waals surface area (Å²) in [5.41, 5.74) is 6.52. The number of nitrogens with one attached hydrogen (secondary N) is 1. The van der Waals surface area contributed by atoms with Crippen LogP contribution in [0, 0.1) is 5.92 Å². The van der Waals surface area contributed by atoms with Crippen molar-refractivity contribution in [1.29, 1.82) is 0 Å². The van der Waals surface area contributed by atoms with Gasteiger partial charge < -0.3 is 34.3 Å². The van der Waals surface area contributed by atoms with Crippen LogP contribution in [0.15, 0.2) is 100 Å². The number of carbonyl (C=O) groups is 2. The second-order valence-electron chi connectivity index (χ2n) is 12.2. The van der Waals surface area contributed by atoms with Crippen LogP contribution in [0.5, 0.6) is 5.75 Å². The molecule has 4 rings (SSSR count). The molecule has 0 aromatic heterocycles. The highest BCUT2D eigenvalue weighted by Crippen LogP contribution is 2.44. The van der Waals surface area contributed by atoms with Crippen molar-refractivity contribution in [2.45, 2.75) is 63.9 Å². The van der Waals surface area contributed by atoms with Crippen LogP contribution in [0.3, 0.4) is 0 Å². The molecule has 1 heterocycles. The first-order valence-corrected chi connectivity index (χ1v) is 19.5. The average molecular weight is 780 g/mol. The standard InChI is InChI=1S/C36H46Cl2N3O5PS.CH3NO/c1-24(2)34-35(48-32-19-28(37)18-29(38)20-32)41(33(22-43-7)40(34)6)21-27-12-11-15-30(17-16-27)44-23-47(46-31-13-9-8-10-14-31)39-26(5)36(42)45-25(3)4;2-1-3/h8-20,24-26,30,33,39H,21-23H2,1-7H3;1H,(H2,2,3). The summed E-state index contributed by atoms with van der Waals surface area (Å²) in [5, 5.41) is 5.63. The first-order chi connectivity index (χ1) is 24.4. The smallest absolute Gasteiger partial charge is 0.323 e. The minimum atomic E-state index is -1.36. The summed E-state index contributed by atoms with van der Waals surface area (Å²) in [6.45, 7) is 11.0. The van der Waals surface area contributed by atoms with Gasteiger partial charge in [-0.3, -0.25) is 9.59 Å². The van der Waals surface area contributed by atoms with E-state index >= 15 is 0 Å². The van der Waals surface area contributed by atoms with Crippen LogP contribution < -0.4 is 15.3 Å². The molecule has 0 fully saturated rings. The number of rotatable bonds is 16. The van der Waals surface area contributed by atoms with Gasteiger partial charge in [-0.2, -0.15) is 0 Å². The van der Waals surface area contributed by atoms with E-state index in [4.69, 9.17) is 46.7 Å². The monoisotopic (exact) mass is 778 g/mol. The Bertz CT molecular complexity index is 1540. The van der Waals surface area contributed by atoms with Crippen LogP contribution in [0.4, 0.5) is 0 Å². The number of benzene rings is 2. The fourth-order valence-corrected chi connectivity index (χ4v) is 8.73. The molecule has 2 aliphatic rings. The molecule has 2 aromatic carbocycles. The first kappa shape index (κ1) is 42.4. The van der Waals surface area contributed by atoms with Crippen molar-refractivity contribution < 1.29 is 28.3 Å². The van der Waals surface area contributed by atoms with Gasteiger partial charge in [-0.15, -0.1) is 0 Å². The molecule has 4 atom stereocenters. The highest BCUT2D eigenvalue weighted by Gasteiger charge is 2.38. The summed E-state index contributed by atoms with van der Waals surface area (Å²) < 4.78 is 23.7. The molecule has 278 valence electrons. The normalized spacial score (nSPS) is 18.3. The van der Waals surface area contributed by atoms with Crippen LogP contribution in [-0.2, 0) is 23.8 Å². The Labute approximate surface area is 317 Å². The maximum atomic E-state index is 12.5. The van der Waals surface area contributed by atoms with E-state index in [-0.39, 0.29) is 43.0 Å². The molecule has 1 aliphatic carbocycles. The number of ether oxygens (including phenoxy) is 3. The fraction of sp³-hybridized carbons (Fsp3) is 0.405. The Morgan fingerprint density at radius 1 is 1.08 bits per heavy atom. The van der Waals surface area contributed by atoms with Gasteiger partial charge in [0, 0.05) is 41.3 Å². The largest absolute Gasteiger partial charge is 0.462 e. The molecule has 14 heteroatoms. The van der Waals surface area contributed by atoms with Gasteiger partial charge in [0.1, 0.15) is 24.3 Å². The number of esters is 1. The summed E-state index contributed by atoms with van der Waals surface area (Å²) >= 11 is 14.4. The molecular weight excluding hydrogens is 730 g/mol. The van der Waals surface area contributed by atoms with Crippen molar-refractivity contribution in [3.63, 3.8) is 0 Å². The molecule has 0 saturated heterocycles. The summed E-state index contributed by atoms with van der Waals surface area (Å²) in [7, 11) is 2.49. The molecule has 10 nitrogen and oxygen atoms in total.